The van der Waals surface area contributed by atoms with Crippen molar-refractivity contribution in [2.45, 2.75) is 0 Å². The quantitative estimate of drug-likeness (QED) is 0.469. The molecule has 0 bridgehead atoms. The van der Waals surface area contributed by atoms with Crippen LogP contribution in [0.2, 0.25) is 0 Å². The van der Waals surface area contributed by atoms with Crippen LogP contribution in [0.5, 0.6) is 17.4 Å². The van der Waals surface area contributed by atoms with Crippen molar-refractivity contribution in [3.8, 4) is 17.4 Å². The molecule has 1 aliphatic rings. The molecule has 0 atom stereocenters. The molecule has 1 fully saturated rings. The van der Waals surface area contributed by atoms with Gasteiger partial charge in [0.25, 0.3) is 11.5 Å². The summed E-state index contributed by atoms with van der Waals surface area (Å²) in [5.41, 5.74) is 0.250. The molecule has 0 unspecified atom stereocenters. The van der Waals surface area contributed by atoms with Crippen molar-refractivity contribution in [3.05, 3.63) is 69.5 Å². The van der Waals surface area contributed by atoms with Crippen LogP contribution in [0.4, 0.5) is 0 Å². The van der Waals surface area contributed by atoms with E-state index in [0.29, 0.717) is 26.4 Å². The zero-order chi connectivity index (χ0) is 20.5. The molecule has 0 spiro atoms. The van der Waals surface area contributed by atoms with Crippen LogP contribution in [0, 0.1) is 0 Å². The molecule has 146 valence electrons. The summed E-state index contributed by atoms with van der Waals surface area (Å²) >= 11 is 6.30. The highest BCUT2D eigenvalue weighted by molar-refractivity contribution is 8.26. The molecule has 0 saturated carbocycles. The lowest BCUT2D eigenvalue weighted by Gasteiger charge is -2.10. The number of benzene rings is 1. The Bertz CT molecular complexity index is 1220. The maximum Gasteiger partial charge on any atom is 0.269 e. The highest BCUT2D eigenvalue weighted by atomic mass is 32.2. The molecule has 0 radical (unpaired) electrons. The second-order valence-electron chi connectivity index (χ2n) is 6.08. The number of methoxy groups -OCH3 is 1. The van der Waals surface area contributed by atoms with E-state index in [2.05, 4.69) is 4.98 Å². The van der Waals surface area contributed by atoms with E-state index in [1.165, 1.54) is 15.4 Å². The van der Waals surface area contributed by atoms with Gasteiger partial charge >= 0.3 is 0 Å². The predicted molar refractivity (Wildman–Crippen MR) is 115 cm³/mol. The number of aromatic nitrogens is 2. The number of pyridine rings is 1. The van der Waals surface area contributed by atoms with E-state index >= 15 is 0 Å². The molecule has 7 nitrogen and oxygen atoms in total. The minimum absolute atomic E-state index is 0.104. The summed E-state index contributed by atoms with van der Waals surface area (Å²) in [4.78, 5) is 31.7. The number of hydrogen-bond acceptors (Lipinski definition) is 7. The number of carbonyl (C=O) groups excluding carboxylic acids is 1. The van der Waals surface area contributed by atoms with Gasteiger partial charge in [0, 0.05) is 13.2 Å². The molecule has 29 heavy (non-hydrogen) atoms. The number of rotatable bonds is 4. The van der Waals surface area contributed by atoms with Gasteiger partial charge in [0.15, 0.2) is 0 Å². The van der Waals surface area contributed by atoms with E-state index < -0.39 is 0 Å². The summed E-state index contributed by atoms with van der Waals surface area (Å²) in [5, 5.41) is 0. The van der Waals surface area contributed by atoms with Crippen molar-refractivity contribution in [1.82, 2.24) is 14.3 Å². The van der Waals surface area contributed by atoms with E-state index in [-0.39, 0.29) is 22.9 Å². The molecular formula is C20H15N3O4S2. The minimum Gasteiger partial charge on any atom is -0.497 e. The first kappa shape index (κ1) is 19.2. The molecule has 1 saturated heterocycles. The van der Waals surface area contributed by atoms with Crippen LogP contribution in [0.1, 0.15) is 5.56 Å². The number of thioether (sulfide) groups is 1. The molecule has 4 rings (SSSR count). The Kier molecular flexibility index (Phi) is 5.08. The number of likely N-dealkylation sites (N-methyl/N-ethyl adjacent to an activating group) is 1. The number of carbonyl (C=O) groups is 1. The fourth-order valence-corrected chi connectivity index (χ4v) is 3.88. The van der Waals surface area contributed by atoms with Crippen LogP contribution in [-0.4, -0.2) is 38.7 Å². The zero-order valence-electron chi connectivity index (χ0n) is 15.5. The van der Waals surface area contributed by atoms with Crippen molar-refractivity contribution in [1.29, 1.82) is 0 Å². The first-order valence-corrected chi connectivity index (χ1v) is 9.75. The average molecular weight is 425 g/mol. The van der Waals surface area contributed by atoms with Gasteiger partial charge in [0.1, 0.15) is 27.0 Å². The summed E-state index contributed by atoms with van der Waals surface area (Å²) in [7, 11) is 3.17. The smallest absolute Gasteiger partial charge is 0.269 e. The van der Waals surface area contributed by atoms with Crippen LogP contribution in [0.15, 0.2) is 58.4 Å². The van der Waals surface area contributed by atoms with E-state index in [1.807, 2.05) is 0 Å². The maximum atomic E-state index is 13.1. The Morgan fingerprint density at radius 2 is 1.83 bits per heavy atom. The minimum atomic E-state index is -0.347. The Hall–Kier alpha value is -3.17. The molecule has 3 heterocycles. The number of hydrogen-bond donors (Lipinski definition) is 0. The van der Waals surface area contributed by atoms with E-state index in [1.54, 1.807) is 62.8 Å². The van der Waals surface area contributed by atoms with Gasteiger partial charge in [-0.25, -0.2) is 0 Å². The summed E-state index contributed by atoms with van der Waals surface area (Å²) in [5.74, 6) is 0.993. The van der Waals surface area contributed by atoms with Gasteiger partial charge in [0.05, 0.1) is 12.0 Å². The summed E-state index contributed by atoms with van der Waals surface area (Å²) in [6.07, 6.45) is 3.10. The zero-order valence-corrected chi connectivity index (χ0v) is 17.1. The fraction of sp³-hybridized carbons (Fsp3) is 0.100. The molecule has 0 aliphatic carbocycles. The second-order valence-corrected chi connectivity index (χ2v) is 7.76. The summed E-state index contributed by atoms with van der Waals surface area (Å²) < 4.78 is 12.9. The summed E-state index contributed by atoms with van der Waals surface area (Å²) in [6.45, 7) is 0. The highest BCUT2D eigenvalue weighted by Crippen LogP contribution is 2.33. The van der Waals surface area contributed by atoms with Crippen molar-refractivity contribution in [2.75, 3.05) is 14.2 Å². The third-order valence-electron chi connectivity index (χ3n) is 4.27. The molecule has 3 aromatic rings. The lowest BCUT2D eigenvalue weighted by molar-refractivity contribution is -0.121. The summed E-state index contributed by atoms with van der Waals surface area (Å²) in [6, 6.07) is 12.1. The second kappa shape index (κ2) is 7.69. The molecule has 1 amide bonds. The Morgan fingerprint density at radius 1 is 1.10 bits per heavy atom. The molecule has 1 aliphatic heterocycles. The van der Waals surface area contributed by atoms with Crippen molar-refractivity contribution in [3.63, 3.8) is 0 Å². The van der Waals surface area contributed by atoms with Gasteiger partial charge in [-0.05, 0) is 42.5 Å². The van der Waals surface area contributed by atoms with Crippen molar-refractivity contribution < 1.29 is 14.3 Å². The van der Waals surface area contributed by atoms with Gasteiger partial charge in [-0.3, -0.25) is 18.9 Å². The number of thiocarbonyl (C=S) groups is 1. The average Bonchev–Trinajstić information content (AvgIpc) is 2.98. The number of fused-ring (bicyclic) bond motifs is 1. The highest BCUT2D eigenvalue weighted by Gasteiger charge is 2.29. The SMILES string of the molecule is COc1ccc(Oc2nc3ccccn3c(=O)c2C=C2SC(=S)N(C)C2=O)cc1. The molecule has 0 N–H and O–H groups in total. The van der Waals surface area contributed by atoms with Gasteiger partial charge in [-0.15, -0.1) is 0 Å². The Labute approximate surface area is 175 Å². The van der Waals surface area contributed by atoms with Crippen LogP contribution >= 0.6 is 24.0 Å². The van der Waals surface area contributed by atoms with Crippen LogP contribution < -0.4 is 15.0 Å². The van der Waals surface area contributed by atoms with Gasteiger partial charge in [-0.1, -0.05) is 30.0 Å². The molecule has 1 aromatic carbocycles. The van der Waals surface area contributed by atoms with Gasteiger partial charge < -0.3 is 9.47 Å². The topological polar surface area (TPSA) is 73.1 Å². The maximum absolute atomic E-state index is 13.1. The molecule has 9 heteroatoms. The van der Waals surface area contributed by atoms with E-state index in [4.69, 9.17) is 21.7 Å². The fourth-order valence-electron chi connectivity index (χ4n) is 2.72. The van der Waals surface area contributed by atoms with Gasteiger partial charge in [-0.2, -0.15) is 4.98 Å². The van der Waals surface area contributed by atoms with Gasteiger partial charge in [0.2, 0.25) is 5.88 Å². The number of ether oxygens (including phenoxy) is 2. The Balaban J connectivity index is 1.86. The predicted octanol–water partition coefficient (Wildman–Crippen LogP) is 3.33. The van der Waals surface area contributed by atoms with Crippen LogP contribution in [0.3, 0.4) is 0 Å². The lowest BCUT2D eigenvalue weighted by atomic mass is 10.2. The first-order chi connectivity index (χ1) is 14.0. The van der Waals surface area contributed by atoms with E-state index in [0.717, 1.165) is 11.8 Å². The van der Waals surface area contributed by atoms with Crippen molar-refractivity contribution in [2.24, 2.45) is 0 Å². The molecular weight excluding hydrogens is 410 g/mol. The standard InChI is InChI=1S/C20H15N3O4S2/c1-22-19(25)15(29-20(22)28)11-14-17(27-13-8-6-12(26-2)7-9-13)21-16-5-3-4-10-23(16)18(14)24/h3-11H,1-2H3. The van der Waals surface area contributed by atoms with Crippen molar-refractivity contribution >= 4 is 45.9 Å². The largest absolute Gasteiger partial charge is 0.497 e. The normalized spacial score (nSPS) is 15.4. The van der Waals surface area contributed by atoms with Crippen LogP contribution in [0.25, 0.3) is 11.7 Å². The first-order valence-electron chi connectivity index (χ1n) is 8.53. The monoisotopic (exact) mass is 425 g/mol. The van der Waals surface area contributed by atoms with E-state index in [9.17, 15) is 9.59 Å². The van der Waals surface area contributed by atoms with Crippen LogP contribution in [-0.2, 0) is 4.79 Å². The molecule has 2 aromatic heterocycles. The number of nitrogens with zero attached hydrogens (tertiary/aromatic N) is 3. The Morgan fingerprint density at radius 3 is 2.48 bits per heavy atom. The number of amides is 1. The lowest BCUT2D eigenvalue weighted by Crippen LogP contribution is -2.22. The third kappa shape index (κ3) is 3.62. The third-order valence-corrected chi connectivity index (χ3v) is 5.75.